The van der Waals surface area contributed by atoms with Crippen LogP contribution in [0.25, 0.3) is 10.2 Å². The SMILES string of the molecule is COc1cc2c(cc1Nc1ncnc3sc4c(c13)CCC(C(=O)N1CCC(=O)CC1)C4)SNN2. The molecule has 0 spiro atoms. The molecular formula is C23H24N6O3S2. The predicted molar refractivity (Wildman–Crippen MR) is 133 cm³/mol. The van der Waals surface area contributed by atoms with Crippen molar-refractivity contribution in [1.29, 1.82) is 0 Å². The molecule has 1 fully saturated rings. The summed E-state index contributed by atoms with van der Waals surface area (Å²) in [5, 5.41) is 4.51. The van der Waals surface area contributed by atoms with Crippen LogP contribution in [0.1, 0.15) is 29.7 Å². The van der Waals surface area contributed by atoms with Crippen LogP contribution in [0.5, 0.6) is 5.75 Å². The summed E-state index contributed by atoms with van der Waals surface area (Å²) in [7, 11) is 1.65. The molecule has 2 aromatic heterocycles. The highest BCUT2D eigenvalue weighted by Crippen LogP contribution is 2.43. The molecule has 1 atom stereocenters. The molecule has 176 valence electrons. The van der Waals surface area contributed by atoms with Crippen molar-refractivity contribution in [2.75, 3.05) is 30.9 Å². The van der Waals surface area contributed by atoms with E-state index in [0.29, 0.717) is 25.9 Å². The molecular weight excluding hydrogens is 472 g/mol. The van der Waals surface area contributed by atoms with Crippen LogP contribution in [-0.2, 0) is 22.4 Å². The van der Waals surface area contributed by atoms with E-state index < -0.39 is 0 Å². The summed E-state index contributed by atoms with van der Waals surface area (Å²) in [4.78, 5) is 41.9. The number of thiophene rings is 1. The Morgan fingerprint density at radius 3 is 2.91 bits per heavy atom. The van der Waals surface area contributed by atoms with Crippen LogP contribution in [0, 0.1) is 5.92 Å². The van der Waals surface area contributed by atoms with Crippen LogP contribution in [0.15, 0.2) is 23.4 Å². The first-order chi connectivity index (χ1) is 16.6. The van der Waals surface area contributed by atoms with E-state index in [9.17, 15) is 9.59 Å². The molecule has 11 heteroatoms. The number of rotatable bonds is 4. The van der Waals surface area contributed by atoms with Gasteiger partial charge in [0.2, 0.25) is 5.91 Å². The number of aromatic nitrogens is 2. The van der Waals surface area contributed by atoms with E-state index in [1.54, 1.807) is 24.8 Å². The summed E-state index contributed by atoms with van der Waals surface area (Å²) in [6.07, 6.45) is 4.87. The highest BCUT2D eigenvalue weighted by molar-refractivity contribution is 7.98. The molecule has 0 bridgehead atoms. The monoisotopic (exact) mass is 496 g/mol. The molecule has 0 saturated carbocycles. The number of likely N-dealkylation sites (tertiary alicyclic amines) is 1. The van der Waals surface area contributed by atoms with Crippen LogP contribution in [0.2, 0.25) is 0 Å². The van der Waals surface area contributed by atoms with Gasteiger partial charge in [0.05, 0.1) is 28.8 Å². The molecule has 0 radical (unpaired) electrons. The highest BCUT2D eigenvalue weighted by Gasteiger charge is 2.33. The van der Waals surface area contributed by atoms with Crippen molar-refractivity contribution in [2.24, 2.45) is 5.92 Å². The molecule has 6 rings (SSSR count). The molecule has 3 N–H and O–H groups in total. The number of hydrazine groups is 1. The Balaban J connectivity index is 1.29. The lowest BCUT2D eigenvalue weighted by Crippen LogP contribution is -2.43. The number of benzene rings is 1. The van der Waals surface area contributed by atoms with Gasteiger partial charge in [0.25, 0.3) is 0 Å². The van der Waals surface area contributed by atoms with Crippen molar-refractivity contribution < 1.29 is 14.3 Å². The third-order valence-electron chi connectivity index (χ3n) is 6.73. The Morgan fingerprint density at radius 1 is 1.24 bits per heavy atom. The molecule has 3 aromatic rings. The van der Waals surface area contributed by atoms with Crippen molar-refractivity contribution in [1.82, 2.24) is 19.7 Å². The second kappa shape index (κ2) is 8.71. The smallest absolute Gasteiger partial charge is 0.226 e. The van der Waals surface area contributed by atoms with Crippen molar-refractivity contribution in [3.63, 3.8) is 0 Å². The summed E-state index contributed by atoms with van der Waals surface area (Å²) in [6, 6.07) is 3.99. The van der Waals surface area contributed by atoms with Crippen molar-refractivity contribution in [3.8, 4) is 5.75 Å². The Hall–Kier alpha value is -2.89. The van der Waals surface area contributed by atoms with Gasteiger partial charge in [-0.25, -0.2) is 9.97 Å². The van der Waals surface area contributed by atoms with E-state index in [2.05, 4.69) is 25.5 Å². The molecule has 1 amide bonds. The van der Waals surface area contributed by atoms with Gasteiger partial charge in [0.15, 0.2) is 0 Å². The van der Waals surface area contributed by atoms with Gasteiger partial charge in [-0.2, -0.15) is 4.83 Å². The Kier molecular flexibility index (Phi) is 5.54. The fourth-order valence-corrected chi connectivity index (χ4v) is 6.86. The van der Waals surface area contributed by atoms with E-state index in [1.807, 2.05) is 17.0 Å². The summed E-state index contributed by atoms with van der Waals surface area (Å²) >= 11 is 3.16. The molecule has 1 unspecified atom stereocenters. The first-order valence-electron chi connectivity index (χ1n) is 11.3. The third-order valence-corrected chi connectivity index (χ3v) is 8.65. The number of hydrogen-bond donors (Lipinski definition) is 3. The minimum Gasteiger partial charge on any atom is -0.494 e. The number of piperidine rings is 1. The average Bonchev–Trinajstić information content (AvgIpc) is 3.47. The number of nitrogens with zero attached hydrogens (tertiary/aromatic N) is 3. The lowest BCUT2D eigenvalue weighted by atomic mass is 9.86. The summed E-state index contributed by atoms with van der Waals surface area (Å²) in [5.74, 6) is 1.87. The summed E-state index contributed by atoms with van der Waals surface area (Å²) in [5.41, 5.74) is 6.15. The lowest BCUT2D eigenvalue weighted by molar-refractivity contribution is -0.138. The number of amides is 1. The number of carbonyl (C=O) groups excluding carboxylic acids is 2. The van der Waals surface area contributed by atoms with Gasteiger partial charge in [-0.3, -0.25) is 9.59 Å². The minimum atomic E-state index is -0.0352. The molecule has 1 saturated heterocycles. The van der Waals surface area contributed by atoms with Crippen molar-refractivity contribution in [2.45, 2.75) is 37.0 Å². The normalized spacial score (nSPS) is 19.5. The van der Waals surface area contributed by atoms with Crippen LogP contribution in [0.4, 0.5) is 17.2 Å². The number of carbonyl (C=O) groups is 2. The standard InChI is InChI=1S/C23H24N6O3S2/c1-32-17-9-16-19(34-28-27-16)10-15(17)26-21-20-14-3-2-12(8-18(14)33-22(20)25-11-24-21)23(31)29-6-4-13(30)5-7-29/h9-12,27-28H,2-8H2,1H3,(H,24,25,26). The number of anilines is 3. The zero-order valence-electron chi connectivity index (χ0n) is 18.6. The van der Waals surface area contributed by atoms with Gasteiger partial charge in [-0.15, -0.1) is 11.3 Å². The highest BCUT2D eigenvalue weighted by atomic mass is 32.2. The van der Waals surface area contributed by atoms with E-state index in [0.717, 1.165) is 57.3 Å². The van der Waals surface area contributed by atoms with Gasteiger partial charge >= 0.3 is 0 Å². The first-order valence-corrected chi connectivity index (χ1v) is 13.0. The maximum absolute atomic E-state index is 13.1. The largest absolute Gasteiger partial charge is 0.494 e. The second-order valence-corrected chi connectivity index (χ2v) is 10.6. The zero-order chi connectivity index (χ0) is 23.2. The molecule has 3 aliphatic rings. The van der Waals surface area contributed by atoms with Gasteiger partial charge < -0.3 is 20.4 Å². The van der Waals surface area contributed by atoms with E-state index in [1.165, 1.54) is 22.4 Å². The number of ketones is 1. The molecule has 34 heavy (non-hydrogen) atoms. The third kappa shape index (κ3) is 3.77. The lowest BCUT2D eigenvalue weighted by Gasteiger charge is -2.31. The van der Waals surface area contributed by atoms with E-state index >= 15 is 0 Å². The predicted octanol–water partition coefficient (Wildman–Crippen LogP) is 3.68. The number of ether oxygens (including phenoxy) is 1. The van der Waals surface area contributed by atoms with Crippen molar-refractivity contribution in [3.05, 3.63) is 28.9 Å². The number of hydrogen-bond acceptors (Lipinski definition) is 10. The molecule has 1 aromatic carbocycles. The van der Waals surface area contributed by atoms with Gasteiger partial charge in [-0.05, 0) is 42.8 Å². The maximum Gasteiger partial charge on any atom is 0.226 e. The fourth-order valence-electron chi connectivity index (χ4n) is 4.92. The topological polar surface area (TPSA) is 108 Å². The van der Waals surface area contributed by atoms with E-state index in [-0.39, 0.29) is 17.6 Å². The molecule has 1 aliphatic carbocycles. The Bertz CT molecular complexity index is 1300. The van der Waals surface area contributed by atoms with Gasteiger partial charge in [0.1, 0.15) is 28.5 Å². The summed E-state index contributed by atoms with van der Waals surface area (Å²) < 4.78 is 5.61. The van der Waals surface area contributed by atoms with Crippen molar-refractivity contribution >= 4 is 62.4 Å². The van der Waals surface area contributed by atoms with Crippen LogP contribution >= 0.6 is 23.3 Å². The molecule has 9 nitrogen and oxygen atoms in total. The molecule has 2 aliphatic heterocycles. The summed E-state index contributed by atoms with van der Waals surface area (Å²) in [6.45, 7) is 1.11. The van der Waals surface area contributed by atoms with Crippen LogP contribution < -0.4 is 20.3 Å². The number of fused-ring (bicyclic) bond motifs is 4. The zero-order valence-corrected chi connectivity index (χ0v) is 20.3. The number of Topliss-reactive ketones (excluding diaryl/α,β-unsaturated/α-hetero) is 1. The number of methoxy groups -OCH3 is 1. The molecule has 4 heterocycles. The average molecular weight is 497 g/mol. The fraction of sp³-hybridized carbons (Fsp3) is 0.391. The number of aryl methyl sites for hydroxylation is 1. The minimum absolute atomic E-state index is 0.0352. The maximum atomic E-state index is 13.1. The first kappa shape index (κ1) is 21.6. The van der Waals surface area contributed by atoms with Crippen LogP contribution in [-0.4, -0.2) is 46.8 Å². The number of nitrogens with one attached hydrogen (secondary N) is 3. The van der Waals surface area contributed by atoms with Gasteiger partial charge in [0, 0.05) is 42.8 Å². The Morgan fingerprint density at radius 2 is 2.09 bits per heavy atom. The quantitative estimate of drug-likeness (QED) is 0.466. The second-order valence-electron chi connectivity index (χ2n) is 8.71. The van der Waals surface area contributed by atoms with Gasteiger partial charge in [-0.1, -0.05) is 0 Å². The van der Waals surface area contributed by atoms with Crippen LogP contribution in [0.3, 0.4) is 0 Å². The Labute approximate surface area is 204 Å². The van der Waals surface area contributed by atoms with E-state index in [4.69, 9.17) is 4.74 Å².